The van der Waals surface area contributed by atoms with Crippen LogP contribution >= 0.6 is 11.6 Å². The largest absolute Gasteiger partial charge is 0.493 e. The van der Waals surface area contributed by atoms with Crippen LogP contribution in [0.15, 0.2) is 36.5 Å². The fraction of sp³-hybridized carbons (Fsp3) is 0.500. The van der Waals surface area contributed by atoms with E-state index in [1.807, 2.05) is 24.4 Å². The third-order valence-electron chi connectivity index (χ3n) is 6.81. The van der Waals surface area contributed by atoms with Crippen LogP contribution in [0.1, 0.15) is 43.5 Å². The predicted molar refractivity (Wildman–Crippen MR) is 120 cm³/mol. The van der Waals surface area contributed by atoms with Crippen LogP contribution in [0.25, 0.3) is 11.2 Å². The minimum absolute atomic E-state index is 0.494. The number of rotatable bonds is 6. The Kier molecular flexibility index (Phi) is 5.42. The Bertz CT molecular complexity index is 1040. The van der Waals surface area contributed by atoms with Gasteiger partial charge in [0.15, 0.2) is 5.65 Å². The number of halogens is 1. The van der Waals surface area contributed by atoms with Gasteiger partial charge in [-0.25, -0.2) is 9.97 Å². The molecule has 2 atom stereocenters. The highest BCUT2D eigenvalue weighted by Gasteiger charge is 2.33. The Morgan fingerprint density at radius 2 is 2.00 bits per heavy atom. The molecule has 5 nitrogen and oxygen atoms in total. The number of aromatic nitrogens is 3. The first-order chi connectivity index (χ1) is 14.6. The predicted octanol–water partition coefficient (Wildman–Crippen LogP) is 5.04. The summed E-state index contributed by atoms with van der Waals surface area (Å²) in [7, 11) is 2.06. The lowest BCUT2D eigenvalue weighted by Crippen LogP contribution is -2.33. The highest BCUT2D eigenvalue weighted by molar-refractivity contribution is 6.30. The summed E-state index contributed by atoms with van der Waals surface area (Å²) in [5.41, 5.74) is 3.20. The van der Waals surface area contributed by atoms with E-state index < -0.39 is 0 Å². The number of fused-ring (bicyclic) bond motifs is 1. The van der Waals surface area contributed by atoms with Crippen LogP contribution in [0.2, 0.25) is 5.02 Å². The summed E-state index contributed by atoms with van der Waals surface area (Å²) in [4.78, 5) is 11.7. The molecule has 1 saturated carbocycles. The van der Waals surface area contributed by atoms with E-state index in [1.54, 1.807) is 0 Å². The van der Waals surface area contributed by atoms with Crippen LogP contribution in [0.3, 0.4) is 0 Å². The van der Waals surface area contributed by atoms with Gasteiger partial charge in [-0.1, -0.05) is 18.5 Å². The van der Waals surface area contributed by atoms with Crippen LogP contribution in [-0.4, -0.2) is 39.1 Å². The molecular weight excluding hydrogens is 396 g/mol. The highest BCUT2D eigenvalue weighted by atomic mass is 35.5. The van der Waals surface area contributed by atoms with E-state index in [4.69, 9.17) is 21.3 Å². The molecule has 158 valence electrons. The number of likely N-dealkylation sites (tertiary alicyclic amines) is 1. The first-order valence-electron chi connectivity index (χ1n) is 11.0. The molecule has 1 aliphatic carbocycles. The van der Waals surface area contributed by atoms with Gasteiger partial charge in [0.2, 0.25) is 0 Å². The van der Waals surface area contributed by atoms with Crippen molar-refractivity contribution in [3.63, 3.8) is 0 Å². The molecule has 2 aliphatic rings. The summed E-state index contributed by atoms with van der Waals surface area (Å²) in [6.07, 6.45) is 5.34. The van der Waals surface area contributed by atoms with Crippen LogP contribution in [0, 0.1) is 11.8 Å². The van der Waals surface area contributed by atoms with Crippen molar-refractivity contribution in [3.8, 4) is 5.75 Å². The monoisotopic (exact) mass is 424 g/mol. The third kappa shape index (κ3) is 4.06. The summed E-state index contributed by atoms with van der Waals surface area (Å²) >= 11 is 6.34. The standard InChI is InChI=1S/C24H29ClN4O/c1-16-12-18(16)15-30-22-6-5-19(25)13-20(22)17-7-10-29(11-8-17)14-23-27-21-4-3-9-26-24(21)28(23)2/h3-6,9,13,16-18H,7-8,10-12,14-15H2,1-2H3. The fourth-order valence-electron chi connectivity index (χ4n) is 4.61. The normalized spacial score (nSPS) is 22.5. The summed E-state index contributed by atoms with van der Waals surface area (Å²) in [5.74, 6) is 4.12. The molecule has 5 rings (SSSR count). The Hall–Kier alpha value is -2.11. The lowest BCUT2D eigenvalue weighted by molar-refractivity contribution is 0.196. The Balaban J connectivity index is 1.24. The number of hydrogen-bond acceptors (Lipinski definition) is 4. The van der Waals surface area contributed by atoms with Gasteiger partial charge in [-0.05, 0) is 86.0 Å². The zero-order valence-electron chi connectivity index (χ0n) is 17.7. The molecule has 0 spiro atoms. The van der Waals surface area contributed by atoms with Gasteiger partial charge in [0, 0.05) is 18.3 Å². The van der Waals surface area contributed by atoms with E-state index >= 15 is 0 Å². The molecule has 3 heterocycles. The smallest absolute Gasteiger partial charge is 0.159 e. The molecule has 0 amide bonds. The second-order valence-corrected chi connectivity index (χ2v) is 9.39. The molecule has 1 aliphatic heterocycles. The van der Waals surface area contributed by atoms with Crippen molar-refractivity contribution in [2.45, 2.75) is 38.6 Å². The molecule has 2 aromatic heterocycles. The topological polar surface area (TPSA) is 43.2 Å². The molecule has 0 radical (unpaired) electrons. The summed E-state index contributed by atoms with van der Waals surface area (Å²) in [6.45, 7) is 6.08. The number of piperidine rings is 1. The Morgan fingerprint density at radius 1 is 1.20 bits per heavy atom. The zero-order valence-corrected chi connectivity index (χ0v) is 18.5. The second kappa shape index (κ2) is 8.20. The first-order valence-corrected chi connectivity index (χ1v) is 11.4. The second-order valence-electron chi connectivity index (χ2n) is 8.95. The van der Waals surface area contributed by atoms with E-state index in [-0.39, 0.29) is 0 Å². The number of hydrogen-bond donors (Lipinski definition) is 0. The van der Waals surface area contributed by atoms with Crippen LogP contribution in [0.4, 0.5) is 0 Å². The van der Waals surface area contributed by atoms with Gasteiger partial charge in [0.25, 0.3) is 0 Å². The van der Waals surface area contributed by atoms with E-state index in [0.717, 1.165) is 78.7 Å². The molecule has 2 fully saturated rings. The molecule has 0 bridgehead atoms. The van der Waals surface area contributed by atoms with Crippen molar-refractivity contribution in [3.05, 3.63) is 52.9 Å². The maximum absolute atomic E-state index is 6.34. The minimum atomic E-state index is 0.494. The number of nitrogens with zero attached hydrogens (tertiary/aromatic N) is 4. The Morgan fingerprint density at radius 3 is 2.73 bits per heavy atom. The summed E-state index contributed by atoms with van der Waals surface area (Å²) in [5, 5.41) is 0.798. The average molecular weight is 425 g/mol. The van der Waals surface area contributed by atoms with Crippen molar-refractivity contribution in [1.29, 1.82) is 0 Å². The average Bonchev–Trinajstić information content (AvgIpc) is 3.38. The van der Waals surface area contributed by atoms with Gasteiger partial charge >= 0.3 is 0 Å². The molecule has 1 aromatic carbocycles. The highest BCUT2D eigenvalue weighted by Crippen LogP contribution is 2.40. The molecule has 6 heteroatoms. The van der Waals surface area contributed by atoms with Gasteiger partial charge < -0.3 is 9.30 Å². The molecule has 2 unspecified atom stereocenters. The van der Waals surface area contributed by atoms with Crippen molar-refractivity contribution in [2.24, 2.45) is 18.9 Å². The first kappa shape index (κ1) is 19.8. The van der Waals surface area contributed by atoms with E-state index in [0.29, 0.717) is 5.92 Å². The lowest BCUT2D eigenvalue weighted by Gasteiger charge is -2.32. The molecule has 1 saturated heterocycles. The van der Waals surface area contributed by atoms with Crippen molar-refractivity contribution >= 4 is 22.8 Å². The van der Waals surface area contributed by atoms with Gasteiger partial charge in [-0.2, -0.15) is 0 Å². The molecule has 0 N–H and O–H groups in total. The SMILES string of the molecule is CC1CC1COc1ccc(Cl)cc1C1CCN(Cc2nc3cccnc3n2C)CC1. The number of imidazole rings is 1. The van der Waals surface area contributed by atoms with Crippen molar-refractivity contribution in [2.75, 3.05) is 19.7 Å². The van der Waals surface area contributed by atoms with Gasteiger partial charge in [-0.15, -0.1) is 0 Å². The van der Waals surface area contributed by atoms with E-state index in [1.165, 1.54) is 12.0 Å². The third-order valence-corrected chi connectivity index (χ3v) is 7.05. The van der Waals surface area contributed by atoms with Crippen molar-refractivity contribution in [1.82, 2.24) is 19.4 Å². The van der Waals surface area contributed by atoms with E-state index in [2.05, 4.69) is 40.6 Å². The molecule has 30 heavy (non-hydrogen) atoms. The number of aryl methyl sites for hydroxylation is 1. The van der Waals surface area contributed by atoms with E-state index in [9.17, 15) is 0 Å². The zero-order chi connectivity index (χ0) is 20.7. The number of pyridine rings is 1. The fourth-order valence-corrected chi connectivity index (χ4v) is 4.79. The van der Waals surface area contributed by atoms with Crippen LogP contribution < -0.4 is 4.74 Å². The molecule has 3 aromatic rings. The summed E-state index contributed by atoms with van der Waals surface area (Å²) in [6, 6.07) is 10.1. The lowest BCUT2D eigenvalue weighted by atomic mass is 9.88. The number of ether oxygens (including phenoxy) is 1. The van der Waals surface area contributed by atoms with Gasteiger partial charge in [-0.3, -0.25) is 4.90 Å². The van der Waals surface area contributed by atoms with Crippen LogP contribution in [-0.2, 0) is 13.6 Å². The maximum atomic E-state index is 6.34. The quantitative estimate of drug-likeness (QED) is 0.556. The number of benzene rings is 1. The van der Waals surface area contributed by atoms with Crippen molar-refractivity contribution < 1.29 is 4.74 Å². The summed E-state index contributed by atoms with van der Waals surface area (Å²) < 4.78 is 8.33. The van der Waals surface area contributed by atoms with Gasteiger partial charge in [0.05, 0.1) is 13.2 Å². The van der Waals surface area contributed by atoms with Crippen LogP contribution in [0.5, 0.6) is 5.75 Å². The maximum Gasteiger partial charge on any atom is 0.159 e. The Labute approximate surface area is 183 Å². The van der Waals surface area contributed by atoms with Gasteiger partial charge in [0.1, 0.15) is 17.1 Å². The molecular formula is C24H29ClN4O. The minimum Gasteiger partial charge on any atom is -0.493 e.